The van der Waals surface area contributed by atoms with Gasteiger partial charge in [-0.2, -0.15) is 0 Å². The van der Waals surface area contributed by atoms with Crippen LogP contribution in [-0.2, 0) is 0 Å². The number of rotatable bonds is 3. The van der Waals surface area contributed by atoms with Gasteiger partial charge in [0.1, 0.15) is 11.6 Å². The van der Waals surface area contributed by atoms with Crippen molar-refractivity contribution in [1.29, 1.82) is 0 Å². The minimum atomic E-state index is -0.504. The van der Waals surface area contributed by atoms with Gasteiger partial charge in [0.15, 0.2) is 5.78 Å². The summed E-state index contributed by atoms with van der Waals surface area (Å²) in [6, 6.07) is 11.0. The van der Waals surface area contributed by atoms with Crippen LogP contribution in [0.4, 0.5) is 4.39 Å². The van der Waals surface area contributed by atoms with E-state index in [4.69, 9.17) is 4.74 Å². The molecule has 0 saturated heterocycles. The number of aryl methyl sites for hydroxylation is 1. The summed E-state index contributed by atoms with van der Waals surface area (Å²) in [5.41, 5.74) is 1.39. The van der Waals surface area contributed by atoms with E-state index in [0.717, 1.165) is 5.56 Å². The van der Waals surface area contributed by atoms with Gasteiger partial charge in [-0.25, -0.2) is 4.39 Å². The maximum Gasteiger partial charge on any atom is 0.195 e. The molecule has 0 aliphatic rings. The zero-order chi connectivity index (χ0) is 13.1. The molecule has 2 aromatic rings. The van der Waals surface area contributed by atoms with Crippen LogP contribution >= 0.6 is 0 Å². The van der Waals surface area contributed by atoms with Crippen LogP contribution in [0.5, 0.6) is 5.75 Å². The fourth-order valence-corrected chi connectivity index (χ4v) is 1.82. The zero-order valence-corrected chi connectivity index (χ0v) is 10.2. The molecule has 2 rings (SSSR count). The summed E-state index contributed by atoms with van der Waals surface area (Å²) in [5.74, 6) is -0.116. The highest BCUT2D eigenvalue weighted by Crippen LogP contribution is 2.21. The Kier molecular flexibility index (Phi) is 3.42. The number of carbonyl (C=O) groups is 1. The lowest BCUT2D eigenvalue weighted by molar-refractivity contribution is 0.103. The first-order chi connectivity index (χ1) is 8.63. The Labute approximate surface area is 105 Å². The highest BCUT2D eigenvalue weighted by Gasteiger charge is 2.14. The molecule has 0 aliphatic carbocycles. The largest absolute Gasteiger partial charge is 0.496 e. The quantitative estimate of drug-likeness (QED) is 0.774. The van der Waals surface area contributed by atoms with E-state index in [2.05, 4.69) is 0 Å². The number of halogens is 1. The van der Waals surface area contributed by atoms with Gasteiger partial charge in [0.2, 0.25) is 0 Å². The van der Waals surface area contributed by atoms with Gasteiger partial charge in [-0.05, 0) is 42.8 Å². The molecule has 92 valence electrons. The Morgan fingerprint density at radius 1 is 1.17 bits per heavy atom. The second-order valence-electron chi connectivity index (χ2n) is 3.99. The van der Waals surface area contributed by atoms with Crippen molar-refractivity contribution in [2.75, 3.05) is 7.11 Å². The van der Waals surface area contributed by atoms with Gasteiger partial charge >= 0.3 is 0 Å². The molecule has 3 heteroatoms. The van der Waals surface area contributed by atoms with Crippen molar-refractivity contribution >= 4 is 5.78 Å². The molecule has 0 aromatic heterocycles. The SMILES string of the molecule is COc1ccc(C(=O)c2ccccc2F)cc1C. The molecular weight excluding hydrogens is 231 g/mol. The van der Waals surface area contributed by atoms with E-state index in [1.807, 2.05) is 6.92 Å². The van der Waals surface area contributed by atoms with E-state index >= 15 is 0 Å². The lowest BCUT2D eigenvalue weighted by atomic mass is 10.0. The topological polar surface area (TPSA) is 26.3 Å². The Morgan fingerprint density at radius 3 is 2.50 bits per heavy atom. The van der Waals surface area contributed by atoms with Crippen molar-refractivity contribution in [1.82, 2.24) is 0 Å². The third kappa shape index (κ3) is 2.25. The molecule has 0 saturated carbocycles. The molecule has 0 bridgehead atoms. The first-order valence-electron chi connectivity index (χ1n) is 5.57. The lowest BCUT2D eigenvalue weighted by Gasteiger charge is -2.07. The molecule has 0 atom stereocenters. The first kappa shape index (κ1) is 12.3. The smallest absolute Gasteiger partial charge is 0.195 e. The van der Waals surface area contributed by atoms with Crippen LogP contribution in [0, 0.1) is 12.7 Å². The number of methoxy groups -OCH3 is 1. The fourth-order valence-electron chi connectivity index (χ4n) is 1.82. The molecule has 0 radical (unpaired) electrons. The lowest BCUT2D eigenvalue weighted by Crippen LogP contribution is -2.04. The summed E-state index contributed by atoms with van der Waals surface area (Å²) in [7, 11) is 1.57. The Bertz CT molecular complexity index is 591. The predicted molar refractivity (Wildman–Crippen MR) is 67.6 cm³/mol. The van der Waals surface area contributed by atoms with Crippen LogP contribution in [0.15, 0.2) is 42.5 Å². The van der Waals surface area contributed by atoms with Gasteiger partial charge in [-0.15, -0.1) is 0 Å². The molecule has 0 heterocycles. The average molecular weight is 244 g/mol. The fraction of sp³-hybridized carbons (Fsp3) is 0.133. The molecule has 18 heavy (non-hydrogen) atoms. The first-order valence-corrected chi connectivity index (χ1v) is 5.57. The molecule has 2 nitrogen and oxygen atoms in total. The number of carbonyl (C=O) groups excluding carboxylic acids is 1. The molecule has 0 N–H and O–H groups in total. The average Bonchev–Trinajstić information content (AvgIpc) is 2.38. The molecular formula is C15H13FO2. The van der Waals surface area contributed by atoms with Crippen molar-refractivity contribution in [3.05, 3.63) is 65.0 Å². The number of ether oxygens (including phenoxy) is 1. The monoisotopic (exact) mass is 244 g/mol. The van der Waals surface area contributed by atoms with E-state index in [1.54, 1.807) is 37.4 Å². The standard InChI is InChI=1S/C15H13FO2/c1-10-9-11(7-8-14(10)18-2)15(17)12-5-3-4-6-13(12)16/h3-9H,1-2H3. The van der Waals surface area contributed by atoms with Crippen LogP contribution in [-0.4, -0.2) is 12.9 Å². The summed E-state index contributed by atoms with van der Waals surface area (Å²) >= 11 is 0. The molecule has 0 fully saturated rings. The van der Waals surface area contributed by atoms with E-state index in [-0.39, 0.29) is 11.3 Å². The Morgan fingerprint density at radius 2 is 1.89 bits per heavy atom. The predicted octanol–water partition coefficient (Wildman–Crippen LogP) is 3.37. The summed E-state index contributed by atoms with van der Waals surface area (Å²) in [5, 5.41) is 0. The van der Waals surface area contributed by atoms with E-state index in [0.29, 0.717) is 11.3 Å². The van der Waals surface area contributed by atoms with Crippen LogP contribution < -0.4 is 4.74 Å². The van der Waals surface area contributed by atoms with E-state index in [9.17, 15) is 9.18 Å². The number of hydrogen-bond donors (Lipinski definition) is 0. The minimum Gasteiger partial charge on any atom is -0.496 e. The van der Waals surface area contributed by atoms with Crippen LogP contribution in [0.2, 0.25) is 0 Å². The summed E-state index contributed by atoms with van der Waals surface area (Å²) in [6.07, 6.45) is 0. The Balaban J connectivity index is 2.41. The number of hydrogen-bond acceptors (Lipinski definition) is 2. The molecule has 0 spiro atoms. The Hall–Kier alpha value is -2.16. The van der Waals surface area contributed by atoms with Crippen LogP contribution in [0.3, 0.4) is 0 Å². The van der Waals surface area contributed by atoms with Gasteiger partial charge in [0.05, 0.1) is 12.7 Å². The minimum absolute atomic E-state index is 0.0852. The van der Waals surface area contributed by atoms with E-state index < -0.39 is 5.82 Å². The number of ketones is 1. The highest BCUT2D eigenvalue weighted by atomic mass is 19.1. The maximum absolute atomic E-state index is 13.5. The van der Waals surface area contributed by atoms with Crippen LogP contribution in [0.1, 0.15) is 21.5 Å². The van der Waals surface area contributed by atoms with Gasteiger partial charge in [-0.3, -0.25) is 4.79 Å². The third-order valence-electron chi connectivity index (χ3n) is 2.78. The normalized spacial score (nSPS) is 10.2. The summed E-state index contributed by atoms with van der Waals surface area (Å²) in [6.45, 7) is 1.84. The van der Waals surface area contributed by atoms with E-state index in [1.165, 1.54) is 12.1 Å². The second kappa shape index (κ2) is 5.00. The van der Waals surface area contributed by atoms with Crippen LogP contribution in [0.25, 0.3) is 0 Å². The molecule has 2 aromatic carbocycles. The second-order valence-corrected chi connectivity index (χ2v) is 3.99. The van der Waals surface area contributed by atoms with Gasteiger partial charge in [0.25, 0.3) is 0 Å². The summed E-state index contributed by atoms with van der Waals surface area (Å²) < 4.78 is 18.6. The van der Waals surface area contributed by atoms with Crippen molar-refractivity contribution in [3.63, 3.8) is 0 Å². The van der Waals surface area contributed by atoms with Gasteiger partial charge < -0.3 is 4.74 Å². The summed E-state index contributed by atoms with van der Waals surface area (Å²) in [4.78, 5) is 12.1. The van der Waals surface area contributed by atoms with Crippen molar-refractivity contribution in [2.45, 2.75) is 6.92 Å². The van der Waals surface area contributed by atoms with Crippen molar-refractivity contribution in [2.24, 2.45) is 0 Å². The molecule has 0 amide bonds. The van der Waals surface area contributed by atoms with Crippen molar-refractivity contribution in [3.8, 4) is 5.75 Å². The third-order valence-corrected chi connectivity index (χ3v) is 2.78. The zero-order valence-electron chi connectivity index (χ0n) is 10.2. The molecule has 0 aliphatic heterocycles. The van der Waals surface area contributed by atoms with Gasteiger partial charge in [0, 0.05) is 5.56 Å². The van der Waals surface area contributed by atoms with Crippen molar-refractivity contribution < 1.29 is 13.9 Å². The number of benzene rings is 2. The highest BCUT2D eigenvalue weighted by molar-refractivity contribution is 6.09. The van der Waals surface area contributed by atoms with Gasteiger partial charge in [-0.1, -0.05) is 12.1 Å². The maximum atomic E-state index is 13.5. The molecule has 0 unspecified atom stereocenters.